The lowest BCUT2D eigenvalue weighted by Gasteiger charge is -2.06. The zero-order valence-corrected chi connectivity index (χ0v) is 7.35. The molecule has 0 aromatic carbocycles. The van der Waals surface area contributed by atoms with Crippen LogP contribution in [0.15, 0.2) is 6.07 Å². The van der Waals surface area contributed by atoms with Crippen molar-refractivity contribution in [2.45, 2.75) is 6.43 Å². The summed E-state index contributed by atoms with van der Waals surface area (Å²) >= 11 is 5.39. The van der Waals surface area contributed by atoms with Crippen molar-refractivity contribution in [2.75, 3.05) is 7.11 Å². The van der Waals surface area contributed by atoms with Crippen molar-refractivity contribution in [3.8, 4) is 11.6 Å². The van der Waals surface area contributed by atoms with Crippen molar-refractivity contribution in [1.82, 2.24) is 4.98 Å². The molecule has 0 radical (unpaired) electrons. The molecule has 0 unspecified atom stereocenters. The summed E-state index contributed by atoms with van der Waals surface area (Å²) in [5.74, 6) is -0.628. The minimum atomic E-state index is -2.77. The first kappa shape index (κ1) is 9.98. The van der Waals surface area contributed by atoms with Crippen LogP contribution in [0, 0.1) is 0 Å². The van der Waals surface area contributed by atoms with Crippen LogP contribution in [0.25, 0.3) is 0 Å². The minimum absolute atomic E-state index is 0.172. The summed E-state index contributed by atoms with van der Waals surface area (Å²) in [4.78, 5) is 3.43. The van der Waals surface area contributed by atoms with Crippen LogP contribution < -0.4 is 4.74 Å². The Kier molecular flexibility index (Phi) is 2.87. The van der Waals surface area contributed by atoms with E-state index in [9.17, 15) is 8.78 Å². The topological polar surface area (TPSA) is 42.4 Å². The molecule has 1 rings (SSSR count). The van der Waals surface area contributed by atoms with Gasteiger partial charge in [0.1, 0.15) is 5.15 Å². The highest BCUT2D eigenvalue weighted by Crippen LogP contribution is 2.33. The molecule has 0 bridgehead atoms. The monoisotopic (exact) mass is 209 g/mol. The van der Waals surface area contributed by atoms with Gasteiger partial charge in [0.15, 0.2) is 5.75 Å². The summed E-state index contributed by atoms with van der Waals surface area (Å²) in [5.41, 5.74) is -0.514. The minimum Gasteiger partial charge on any atom is -0.503 e. The molecular weight excluding hydrogens is 204 g/mol. The summed E-state index contributed by atoms with van der Waals surface area (Å²) in [5, 5.41) is 8.71. The molecule has 0 saturated carbocycles. The summed E-state index contributed by atoms with van der Waals surface area (Å²) in [6.45, 7) is 0. The van der Waals surface area contributed by atoms with Gasteiger partial charge in [-0.25, -0.2) is 8.78 Å². The maximum absolute atomic E-state index is 12.2. The summed E-state index contributed by atoms with van der Waals surface area (Å²) < 4.78 is 28.9. The third kappa shape index (κ3) is 1.98. The third-order valence-electron chi connectivity index (χ3n) is 1.38. The smallest absolute Gasteiger partial charge is 0.266 e. The lowest BCUT2D eigenvalue weighted by Crippen LogP contribution is -1.93. The summed E-state index contributed by atoms with van der Waals surface area (Å²) in [6, 6.07) is 0.832. The Bertz CT molecular complexity index is 320. The maximum Gasteiger partial charge on any atom is 0.266 e. The molecule has 3 nitrogen and oxygen atoms in total. The normalized spacial score (nSPS) is 10.5. The van der Waals surface area contributed by atoms with Crippen LogP contribution in [0.4, 0.5) is 8.78 Å². The molecule has 0 aliphatic heterocycles. The SMILES string of the molecule is COc1nc(Cl)c(C(F)F)cc1O. The highest BCUT2D eigenvalue weighted by atomic mass is 35.5. The fourth-order valence-electron chi connectivity index (χ4n) is 0.783. The Hall–Kier alpha value is -1.10. The predicted octanol–water partition coefficient (Wildman–Crippen LogP) is 2.39. The molecular formula is C7H6ClF2NO2. The van der Waals surface area contributed by atoms with Gasteiger partial charge in [0.25, 0.3) is 12.3 Å². The van der Waals surface area contributed by atoms with Crippen LogP contribution in [0.5, 0.6) is 11.6 Å². The predicted molar refractivity (Wildman–Crippen MR) is 42.4 cm³/mol. The second-order valence-electron chi connectivity index (χ2n) is 2.20. The largest absolute Gasteiger partial charge is 0.503 e. The molecule has 0 atom stereocenters. The van der Waals surface area contributed by atoms with Crippen LogP contribution in [0.3, 0.4) is 0 Å². The Labute approximate surface area is 77.9 Å². The van der Waals surface area contributed by atoms with E-state index in [-0.39, 0.29) is 11.0 Å². The molecule has 13 heavy (non-hydrogen) atoms. The average Bonchev–Trinajstić information content (AvgIpc) is 2.07. The quantitative estimate of drug-likeness (QED) is 0.761. The van der Waals surface area contributed by atoms with E-state index in [1.165, 1.54) is 7.11 Å². The molecule has 1 aromatic rings. The Balaban J connectivity index is 3.20. The first-order valence-electron chi connectivity index (χ1n) is 3.27. The van der Waals surface area contributed by atoms with Crippen molar-refractivity contribution in [2.24, 2.45) is 0 Å². The molecule has 72 valence electrons. The van der Waals surface area contributed by atoms with Gasteiger partial charge in [0.05, 0.1) is 12.7 Å². The number of aromatic nitrogens is 1. The molecule has 1 heterocycles. The van der Waals surface area contributed by atoms with E-state index in [0.717, 1.165) is 6.07 Å². The van der Waals surface area contributed by atoms with E-state index in [2.05, 4.69) is 9.72 Å². The van der Waals surface area contributed by atoms with E-state index in [4.69, 9.17) is 16.7 Å². The Morgan fingerprint density at radius 3 is 2.69 bits per heavy atom. The fraction of sp³-hybridized carbons (Fsp3) is 0.286. The lowest BCUT2D eigenvalue weighted by atomic mass is 10.3. The van der Waals surface area contributed by atoms with Gasteiger partial charge in [0.2, 0.25) is 0 Å². The number of hydrogen-bond donors (Lipinski definition) is 1. The van der Waals surface area contributed by atoms with E-state index >= 15 is 0 Å². The number of methoxy groups -OCH3 is 1. The molecule has 0 spiro atoms. The van der Waals surface area contributed by atoms with Crippen LogP contribution in [-0.4, -0.2) is 17.2 Å². The summed E-state index contributed by atoms with van der Waals surface area (Å²) in [7, 11) is 1.25. The van der Waals surface area contributed by atoms with Crippen molar-refractivity contribution in [3.05, 3.63) is 16.8 Å². The zero-order chi connectivity index (χ0) is 10.0. The zero-order valence-electron chi connectivity index (χ0n) is 6.59. The van der Waals surface area contributed by atoms with Crippen molar-refractivity contribution >= 4 is 11.6 Å². The van der Waals surface area contributed by atoms with E-state index < -0.39 is 17.7 Å². The van der Waals surface area contributed by atoms with Crippen molar-refractivity contribution in [1.29, 1.82) is 0 Å². The second kappa shape index (κ2) is 3.74. The first-order valence-corrected chi connectivity index (χ1v) is 3.65. The van der Waals surface area contributed by atoms with Gasteiger partial charge in [-0.05, 0) is 6.07 Å². The molecule has 6 heteroatoms. The Morgan fingerprint density at radius 1 is 1.62 bits per heavy atom. The van der Waals surface area contributed by atoms with Gasteiger partial charge in [-0.1, -0.05) is 11.6 Å². The number of halogens is 3. The number of hydrogen-bond acceptors (Lipinski definition) is 3. The number of alkyl halides is 2. The molecule has 0 aliphatic rings. The number of aromatic hydroxyl groups is 1. The van der Waals surface area contributed by atoms with Gasteiger partial charge in [-0.15, -0.1) is 0 Å². The number of rotatable bonds is 2. The highest BCUT2D eigenvalue weighted by Gasteiger charge is 2.17. The number of nitrogens with zero attached hydrogens (tertiary/aromatic N) is 1. The highest BCUT2D eigenvalue weighted by molar-refractivity contribution is 6.30. The molecule has 0 fully saturated rings. The average molecular weight is 210 g/mol. The van der Waals surface area contributed by atoms with Crippen LogP contribution in [-0.2, 0) is 0 Å². The van der Waals surface area contributed by atoms with Crippen LogP contribution >= 0.6 is 11.6 Å². The third-order valence-corrected chi connectivity index (χ3v) is 1.68. The van der Waals surface area contributed by atoms with Crippen LogP contribution in [0.2, 0.25) is 5.15 Å². The lowest BCUT2D eigenvalue weighted by molar-refractivity contribution is 0.150. The van der Waals surface area contributed by atoms with Crippen molar-refractivity contribution < 1.29 is 18.6 Å². The van der Waals surface area contributed by atoms with Crippen molar-refractivity contribution in [3.63, 3.8) is 0 Å². The second-order valence-corrected chi connectivity index (χ2v) is 2.56. The van der Waals surface area contributed by atoms with E-state index in [1.807, 2.05) is 0 Å². The number of ether oxygens (including phenoxy) is 1. The first-order chi connectivity index (χ1) is 6.06. The van der Waals surface area contributed by atoms with Gasteiger partial charge >= 0.3 is 0 Å². The summed E-state index contributed by atoms with van der Waals surface area (Å²) in [6.07, 6.45) is -2.77. The van der Waals surface area contributed by atoms with Gasteiger partial charge in [-0.3, -0.25) is 0 Å². The molecule has 1 aromatic heterocycles. The molecule has 0 saturated heterocycles. The maximum atomic E-state index is 12.2. The molecule has 0 amide bonds. The molecule has 1 N–H and O–H groups in total. The number of pyridine rings is 1. The van der Waals surface area contributed by atoms with Crippen LogP contribution in [0.1, 0.15) is 12.0 Å². The van der Waals surface area contributed by atoms with Gasteiger partial charge in [-0.2, -0.15) is 4.98 Å². The van der Waals surface area contributed by atoms with Gasteiger partial charge in [0, 0.05) is 0 Å². The van der Waals surface area contributed by atoms with E-state index in [1.54, 1.807) is 0 Å². The standard InChI is InChI=1S/C7H6ClF2NO2/c1-13-7-4(12)2-3(6(9)10)5(8)11-7/h2,6,12H,1H3. The van der Waals surface area contributed by atoms with E-state index in [0.29, 0.717) is 0 Å². The molecule has 0 aliphatic carbocycles. The Morgan fingerprint density at radius 2 is 2.23 bits per heavy atom. The van der Waals surface area contributed by atoms with Gasteiger partial charge < -0.3 is 9.84 Å². The fourth-order valence-corrected chi connectivity index (χ4v) is 0.997.